The molecule has 0 spiro atoms. The van der Waals surface area contributed by atoms with Crippen molar-refractivity contribution in [3.63, 3.8) is 0 Å². The van der Waals surface area contributed by atoms with Gasteiger partial charge < -0.3 is 9.88 Å². The smallest absolute Gasteiger partial charge is 0.271 e. The third kappa shape index (κ3) is 6.22. The quantitative estimate of drug-likeness (QED) is 0.142. The van der Waals surface area contributed by atoms with Crippen LogP contribution in [0.15, 0.2) is 114 Å². The number of thiazole rings is 1. The number of nitrogens with one attached hydrogen (secondary N) is 2. The fourth-order valence-corrected chi connectivity index (χ4v) is 5.54. The Kier molecular flexibility index (Phi) is 7.63. The van der Waals surface area contributed by atoms with Gasteiger partial charge in [0.2, 0.25) is 0 Å². The van der Waals surface area contributed by atoms with Crippen molar-refractivity contribution >= 4 is 56.8 Å². The predicted octanol–water partition coefficient (Wildman–Crippen LogP) is 8.28. The van der Waals surface area contributed by atoms with E-state index in [0.29, 0.717) is 17.1 Å². The number of benzene rings is 4. The Hall–Kier alpha value is -4.72. The van der Waals surface area contributed by atoms with Crippen LogP contribution in [0.5, 0.6) is 0 Å². The molecule has 0 saturated heterocycles. The van der Waals surface area contributed by atoms with Crippen molar-refractivity contribution in [2.24, 2.45) is 5.10 Å². The van der Waals surface area contributed by atoms with Gasteiger partial charge in [-0.1, -0.05) is 71.8 Å². The number of hydrogen-bond acceptors (Lipinski definition) is 5. The normalized spacial score (nSPS) is 11.3. The highest BCUT2D eigenvalue weighted by Crippen LogP contribution is 2.28. The zero-order valence-electron chi connectivity index (χ0n) is 22.2. The second-order valence-electron chi connectivity index (χ2n) is 9.66. The molecule has 6 rings (SSSR count). The van der Waals surface area contributed by atoms with E-state index in [9.17, 15) is 4.79 Å². The Bertz CT molecular complexity index is 1860. The van der Waals surface area contributed by atoms with Crippen molar-refractivity contribution in [1.82, 2.24) is 15.0 Å². The molecule has 0 fully saturated rings. The van der Waals surface area contributed by atoms with Crippen molar-refractivity contribution < 1.29 is 4.79 Å². The Balaban J connectivity index is 1.11. The summed E-state index contributed by atoms with van der Waals surface area (Å²) in [5.74, 6) is -0.282. The van der Waals surface area contributed by atoms with Crippen molar-refractivity contribution in [2.45, 2.75) is 13.5 Å². The lowest BCUT2D eigenvalue weighted by atomic mass is 10.1. The molecule has 0 unspecified atom stereocenters. The second kappa shape index (κ2) is 11.8. The summed E-state index contributed by atoms with van der Waals surface area (Å²) in [4.78, 5) is 17.5. The maximum absolute atomic E-state index is 12.8. The Morgan fingerprint density at radius 1 is 1.00 bits per heavy atom. The first kappa shape index (κ1) is 26.5. The SMILES string of the molecule is Cc1ccc(Nc2nc(-c3ccc(C(=O)N/N=C\c4cn(Cc5cccc(Cl)c5)c5ccccc45)cc3)cs2)cc1. The Labute approximate surface area is 247 Å². The van der Waals surface area contributed by atoms with Gasteiger partial charge in [0.1, 0.15) is 0 Å². The summed E-state index contributed by atoms with van der Waals surface area (Å²) in [5.41, 5.74) is 10.3. The van der Waals surface area contributed by atoms with E-state index in [1.165, 1.54) is 16.9 Å². The maximum Gasteiger partial charge on any atom is 0.271 e. The van der Waals surface area contributed by atoms with Crippen LogP contribution in [0.4, 0.5) is 10.8 Å². The van der Waals surface area contributed by atoms with E-state index < -0.39 is 0 Å². The molecule has 202 valence electrons. The van der Waals surface area contributed by atoms with Gasteiger partial charge in [-0.05, 0) is 55.0 Å². The number of hydrogen-bond donors (Lipinski definition) is 2. The number of aryl methyl sites for hydroxylation is 1. The maximum atomic E-state index is 12.8. The number of carbonyl (C=O) groups excluding carboxylic acids is 1. The lowest BCUT2D eigenvalue weighted by Crippen LogP contribution is -2.17. The summed E-state index contributed by atoms with van der Waals surface area (Å²) in [5, 5.41) is 12.2. The van der Waals surface area contributed by atoms with Gasteiger partial charge in [-0.3, -0.25) is 4.79 Å². The summed E-state index contributed by atoms with van der Waals surface area (Å²) in [6.45, 7) is 2.74. The highest BCUT2D eigenvalue weighted by atomic mass is 35.5. The number of halogens is 1. The molecule has 4 aromatic carbocycles. The van der Waals surface area contributed by atoms with Crippen molar-refractivity contribution in [2.75, 3.05) is 5.32 Å². The van der Waals surface area contributed by atoms with Gasteiger partial charge in [0.25, 0.3) is 5.91 Å². The number of aromatic nitrogens is 2. The minimum absolute atomic E-state index is 0.282. The summed E-state index contributed by atoms with van der Waals surface area (Å²) in [6, 6.07) is 31.5. The molecular weight excluding hydrogens is 550 g/mol. The summed E-state index contributed by atoms with van der Waals surface area (Å²) in [7, 11) is 0. The van der Waals surface area contributed by atoms with Crippen molar-refractivity contribution in [1.29, 1.82) is 0 Å². The fraction of sp³-hybridized carbons (Fsp3) is 0.0606. The van der Waals surface area contributed by atoms with Crippen LogP contribution in [-0.2, 0) is 6.54 Å². The summed E-state index contributed by atoms with van der Waals surface area (Å²) in [6.07, 6.45) is 3.72. The number of para-hydroxylation sites is 1. The first-order valence-corrected chi connectivity index (χ1v) is 14.3. The molecule has 6 aromatic rings. The standard InChI is InChI=1S/C33H26ClN5OS/c1-22-9-15-28(16-10-22)36-33-37-30(21-41-33)24-11-13-25(14-12-24)32(40)38-35-18-26-20-39(31-8-3-2-7-29(26)31)19-23-5-4-6-27(34)17-23/h2-18,20-21H,19H2,1H3,(H,36,37)(H,38,40)/b35-18-. The minimum atomic E-state index is -0.282. The monoisotopic (exact) mass is 575 g/mol. The van der Waals surface area contributed by atoms with Crippen LogP contribution in [0.25, 0.3) is 22.2 Å². The average Bonchev–Trinajstić information content (AvgIpc) is 3.59. The molecule has 0 atom stereocenters. The van der Waals surface area contributed by atoms with Gasteiger partial charge in [-0.2, -0.15) is 5.10 Å². The number of nitrogens with zero attached hydrogens (tertiary/aromatic N) is 3. The molecule has 0 aliphatic rings. The van der Waals surface area contributed by atoms with Gasteiger partial charge in [-0.15, -0.1) is 11.3 Å². The number of rotatable bonds is 8. The molecule has 0 bridgehead atoms. The zero-order chi connectivity index (χ0) is 28.2. The van der Waals surface area contributed by atoms with Crippen LogP contribution >= 0.6 is 22.9 Å². The molecule has 0 radical (unpaired) electrons. The van der Waals surface area contributed by atoms with Crippen LogP contribution in [0.1, 0.15) is 27.0 Å². The van der Waals surface area contributed by atoms with E-state index in [0.717, 1.165) is 44.1 Å². The molecule has 2 N–H and O–H groups in total. The average molecular weight is 576 g/mol. The molecule has 0 aliphatic heterocycles. The molecule has 2 heterocycles. The molecule has 2 aromatic heterocycles. The topological polar surface area (TPSA) is 71.3 Å². The molecule has 6 nitrogen and oxygen atoms in total. The minimum Gasteiger partial charge on any atom is -0.342 e. The fourth-order valence-electron chi connectivity index (χ4n) is 4.58. The third-order valence-electron chi connectivity index (χ3n) is 6.68. The lowest BCUT2D eigenvalue weighted by Gasteiger charge is -2.05. The van der Waals surface area contributed by atoms with E-state index in [1.807, 2.05) is 72.2 Å². The molecular formula is C33H26ClN5OS. The van der Waals surface area contributed by atoms with E-state index in [2.05, 4.69) is 56.6 Å². The highest BCUT2D eigenvalue weighted by Gasteiger charge is 2.10. The van der Waals surface area contributed by atoms with Crippen LogP contribution in [0, 0.1) is 6.92 Å². The van der Waals surface area contributed by atoms with Gasteiger partial charge in [0.05, 0.1) is 11.9 Å². The van der Waals surface area contributed by atoms with Gasteiger partial charge in [0.15, 0.2) is 5.13 Å². The Morgan fingerprint density at radius 3 is 2.61 bits per heavy atom. The van der Waals surface area contributed by atoms with Gasteiger partial charge >= 0.3 is 0 Å². The lowest BCUT2D eigenvalue weighted by molar-refractivity contribution is 0.0955. The second-order valence-corrected chi connectivity index (χ2v) is 11.0. The van der Waals surface area contributed by atoms with Crippen molar-refractivity contribution in [3.05, 3.63) is 136 Å². The number of carbonyl (C=O) groups is 1. The first-order chi connectivity index (χ1) is 20.0. The van der Waals surface area contributed by atoms with Crippen LogP contribution in [0.2, 0.25) is 5.02 Å². The largest absolute Gasteiger partial charge is 0.342 e. The van der Waals surface area contributed by atoms with Gasteiger partial charge in [0, 0.05) is 56.4 Å². The van der Waals surface area contributed by atoms with Crippen LogP contribution in [0.3, 0.4) is 0 Å². The van der Waals surface area contributed by atoms with E-state index in [4.69, 9.17) is 11.6 Å². The molecule has 1 amide bonds. The van der Waals surface area contributed by atoms with Crippen LogP contribution < -0.4 is 10.7 Å². The number of amides is 1. The molecule has 8 heteroatoms. The number of anilines is 2. The molecule has 0 saturated carbocycles. The Morgan fingerprint density at radius 2 is 1.80 bits per heavy atom. The molecule has 41 heavy (non-hydrogen) atoms. The van der Waals surface area contributed by atoms with E-state index in [-0.39, 0.29) is 5.91 Å². The highest BCUT2D eigenvalue weighted by molar-refractivity contribution is 7.14. The van der Waals surface area contributed by atoms with E-state index >= 15 is 0 Å². The first-order valence-electron chi connectivity index (χ1n) is 13.1. The predicted molar refractivity (Wildman–Crippen MR) is 170 cm³/mol. The summed E-state index contributed by atoms with van der Waals surface area (Å²) >= 11 is 7.72. The summed E-state index contributed by atoms with van der Waals surface area (Å²) < 4.78 is 2.16. The number of fused-ring (bicyclic) bond motifs is 1. The zero-order valence-corrected chi connectivity index (χ0v) is 23.8. The third-order valence-corrected chi connectivity index (χ3v) is 7.67. The molecule has 0 aliphatic carbocycles. The number of hydrazone groups is 1. The van der Waals surface area contributed by atoms with Crippen molar-refractivity contribution in [3.8, 4) is 11.3 Å². The van der Waals surface area contributed by atoms with Gasteiger partial charge in [-0.25, -0.2) is 10.4 Å². The van der Waals surface area contributed by atoms with E-state index in [1.54, 1.807) is 18.3 Å². The van der Waals surface area contributed by atoms with Crippen LogP contribution in [-0.4, -0.2) is 21.7 Å².